The molecule has 1 aromatic heterocycles. The number of amides is 2. The van der Waals surface area contributed by atoms with Crippen LogP contribution in [0.25, 0.3) is 0 Å². The maximum absolute atomic E-state index is 11.8. The second-order valence-electron chi connectivity index (χ2n) is 4.31. The smallest absolute Gasteiger partial charge is 0.273 e. The molecule has 2 rings (SSSR count). The van der Waals surface area contributed by atoms with E-state index in [-0.39, 0.29) is 23.2 Å². The molecule has 0 atom stereocenters. The van der Waals surface area contributed by atoms with Gasteiger partial charge in [-0.1, -0.05) is 18.2 Å². The summed E-state index contributed by atoms with van der Waals surface area (Å²) >= 11 is 0. The zero-order valence-corrected chi connectivity index (χ0v) is 11.4. The average Bonchev–Trinajstić information content (AvgIpc) is 2.53. The molecule has 8 nitrogen and oxygen atoms in total. The lowest BCUT2D eigenvalue weighted by Crippen LogP contribution is -2.42. The normalized spacial score (nSPS) is 9.82. The third-order valence-electron chi connectivity index (χ3n) is 2.78. The molecule has 22 heavy (non-hydrogen) atoms. The van der Waals surface area contributed by atoms with Gasteiger partial charge in [-0.05, 0) is 12.1 Å². The SMILES string of the molecule is O=C(Cc1ccccc1[N+](=O)[O-])NNC(=O)c1cccnc1. The Morgan fingerprint density at radius 1 is 1.14 bits per heavy atom. The molecule has 0 bridgehead atoms. The number of nitro groups is 1. The van der Waals surface area contributed by atoms with Gasteiger partial charge in [0.1, 0.15) is 0 Å². The van der Waals surface area contributed by atoms with Gasteiger partial charge in [0.15, 0.2) is 0 Å². The lowest BCUT2D eigenvalue weighted by Gasteiger charge is -2.07. The molecule has 8 heteroatoms. The quantitative estimate of drug-likeness (QED) is 0.645. The number of hydrogen-bond acceptors (Lipinski definition) is 5. The third kappa shape index (κ3) is 3.85. The van der Waals surface area contributed by atoms with Crippen LogP contribution in [0.4, 0.5) is 5.69 Å². The molecule has 1 aromatic carbocycles. The second-order valence-corrected chi connectivity index (χ2v) is 4.31. The van der Waals surface area contributed by atoms with Gasteiger partial charge < -0.3 is 0 Å². The fourth-order valence-electron chi connectivity index (χ4n) is 1.75. The van der Waals surface area contributed by atoms with Crippen LogP contribution in [-0.4, -0.2) is 21.7 Å². The molecule has 2 N–H and O–H groups in total. The predicted molar refractivity (Wildman–Crippen MR) is 76.6 cm³/mol. The predicted octanol–water partition coefficient (Wildman–Crippen LogP) is 0.993. The number of nitrogens with zero attached hydrogens (tertiary/aromatic N) is 2. The van der Waals surface area contributed by atoms with Crippen molar-refractivity contribution in [1.82, 2.24) is 15.8 Å². The van der Waals surface area contributed by atoms with E-state index in [1.54, 1.807) is 12.1 Å². The van der Waals surface area contributed by atoms with Gasteiger partial charge in [0.05, 0.1) is 16.9 Å². The fraction of sp³-hybridized carbons (Fsp3) is 0.0714. The van der Waals surface area contributed by atoms with Crippen molar-refractivity contribution in [3.8, 4) is 0 Å². The second kappa shape index (κ2) is 6.93. The Hall–Kier alpha value is -3.29. The topological polar surface area (TPSA) is 114 Å². The molecule has 2 aromatic rings. The van der Waals surface area contributed by atoms with E-state index in [2.05, 4.69) is 15.8 Å². The lowest BCUT2D eigenvalue weighted by atomic mass is 10.1. The maximum atomic E-state index is 11.8. The van der Waals surface area contributed by atoms with Crippen molar-refractivity contribution in [2.75, 3.05) is 0 Å². The van der Waals surface area contributed by atoms with Crippen molar-refractivity contribution in [1.29, 1.82) is 0 Å². The van der Waals surface area contributed by atoms with Crippen LogP contribution < -0.4 is 10.9 Å². The summed E-state index contributed by atoms with van der Waals surface area (Å²) in [6.07, 6.45) is 2.65. The van der Waals surface area contributed by atoms with Gasteiger partial charge in [0, 0.05) is 24.0 Å². The van der Waals surface area contributed by atoms with Crippen LogP contribution in [0, 0.1) is 10.1 Å². The summed E-state index contributed by atoms with van der Waals surface area (Å²) in [5.41, 5.74) is 4.83. The first-order valence-electron chi connectivity index (χ1n) is 6.29. The number of carbonyl (C=O) groups excluding carboxylic acids is 2. The van der Waals surface area contributed by atoms with Crippen LogP contribution in [0.3, 0.4) is 0 Å². The summed E-state index contributed by atoms with van der Waals surface area (Å²) in [5.74, 6) is -1.09. The third-order valence-corrected chi connectivity index (χ3v) is 2.78. The molecule has 0 spiro atoms. The molecule has 0 aliphatic heterocycles. The Bertz CT molecular complexity index is 703. The Morgan fingerprint density at radius 3 is 2.59 bits per heavy atom. The van der Waals surface area contributed by atoms with E-state index >= 15 is 0 Å². The van der Waals surface area contributed by atoms with Gasteiger partial charge in [-0.2, -0.15) is 0 Å². The number of benzene rings is 1. The minimum absolute atomic E-state index is 0.142. The van der Waals surface area contributed by atoms with Crippen molar-refractivity contribution in [3.05, 3.63) is 70.0 Å². The van der Waals surface area contributed by atoms with E-state index in [1.165, 1.54) is 36.7 Å². The standard InChI is InChI=1S/C14H12N4O4/c19-13(8-10-4-1-2-6-12(10)18(21)22)16-17-14(20)11-5-3-7-15-9-11/h1-7,9H,8H2,(H,16,19)(H,17,20). The molecule has 1 heterocycles. The number of nitrogens with one attached hydrogen (secondary N) is 2. The molecule has 0 radical (unpaired) electrons. The summed E-state index contributed by atoms with van der Waals surface area (Å²) in [6.45, 7) is 0. The first-order valence-corrected chi connectivity index (χ1v) is 6.29. The van der Waals surface area contributed by atoms with Crippen molar-refractivity contribution < 1.29 is 14.5 Å². The monoisotopic (exact) mass is 300 g/mol. The van der Waals surface area contributed by atoms with E-state index < -0.39 is 16.7 Å². The minimum atomic E-state index is -0.563. The lowest BCUT2D eigenvalue weighted by molar-refractivity contribution is -0.385. The molecule has 0 aliphatic carbocycles. The van der Waals surface area contributed by atoms with Crippen LogP contribution in [0.15, 0.2) is 48.8 Å². The maximum Gasteiger partial charge on any atom is 0.273 e. The number of hydrogen-bond donors (Lipinski definition) is 2. The Morgan fingerprint density at radius 2 is 1.91 bits per heavy atom. The molecule has 112 valence electrons. The number of rotatable bonds is 4. The molecule has 0 fully saturated rings. The van der Waals surface area contributed by atoms with Crippen molar-refractivity contribution >= 4 is 17.5 Å². The first kappa shape index (κ1) is 15.1. The summed E-state index contributed by atoms with van der Waals surface area (Å²) in [5, 5.41) is 10.9. The zero-order valence-electron chi connectivity index (χ0n) is 11.4. The van der Waals surface area contributed by atoms with E-state index in [0.29, 0.717) is 0 Å². The molecule has 0 unspecified atom stereocenters. The van der Waals surface area contributed by atoms with Crippen LogP contribution in [0.2, 0.25) is 0 Å². The molecule has 0 saturated heterocycles. The van der Waals surface area contributed by atoms with Crippen LogP contribution in [0.5, 0.6) is 0 Å². The largest absolute Gasteiger partial charge is 0.273 e. The zero-order chi connectivity index (χ0) is 15.9. The van der Waals surface area contributed by atoms with E-state index in [1.807, 2.05) is 0 Å². The molecule has 0 saturated carbocycles. The van der Waals surface area contributed by atoms with Crippen molar-refractivity contribution in [2.24, 2.45) is 0 Å². The highest BCUT2D eigenvalue weighted by Gasteiger charge is 2.15. The highest BCUT2D eigenvalue weighted by atomic mass is 16.6. The number of pyridine rings is 1. The van der Waals surface area contributed by atoms with Gasteiger partial charge in [-0.3, -0.25) is 35.5 Å². The Balaban J connectivity index is 1.94. The Kier molecular flexibility index (Phi) is 4.76. The first-order chi connectivity index (χ1) is 10.6. The van der Waals surface area contributed by atoms with Crippen LogP contribution in [0.1, 0.15) is 15.9 Å². The number of nitro benzene ring substituents is 1. The highest BCUT2D eigenvalue weighted by Crippen LogP contribution is 2.17. The number of hydrazine groups is 1. The number of carbonyl (C=O) groups is 2. The van der Waals surface area contributed by atoms with Gasteiger partial charge >= 0.3 is 0 Å². The minimum Gasteiger partial charge on any atom is -0.273 e. The molecular formula is C14H12N4O4. The molecular weight excluding hydrogens is 288 g/mol. The van der Waals surface area contributed by atoms with Gasteiger partial charge in [-0.25, -0.2) is 0 Å². The molecule has 2 amide bonds. The summed E-state index contributed by atoms with van der Waals surface area (Å²) < 4.78 is 0. The Labute approximate surface area is 125 Å². The summed E-state index contributed by atoms with van der Waals surface area (Å²) in [6, 6.07) is 9.05. The van der Waals surface area contributed by atoms with E-state index in [0.717, 1.165) is 0 Å². The van der Waals surface area contributed by atoms with Gasteiger partial charge in [0.25, 0.3) is 11.6 Å². The number of para-hydroxylation sites is 1. The summed E-state index contributed by atoms with van der Waals surface area (Å²) in [4.78, 5) is 37.5. The van der Waals surface area contributed by atoms with E-state index in [9.17, 15) is 19.7 Å². The van der Waals surface area contributed by atoms with Crippen molar-refractivity contribution in [3.63, 3.8) is 0 Å². The molecule has 0 aliphatic rings. The van der Waals surface area contributed by atoms with Crippen LogP contribution in [-0.2, 0) is 11.2 Å². The van der Waals surface area contributed by atoms with Crippen LogP contribution >= 0.6 is 0 Å². The summed E-state index contributed by atoms with van der Waals surface area (Å²) in [7, 11) is 0. The number of aromatic nitrogens is 1. The van der Waals surface area contributed by atoms with Gasteiger partial charge in [0.2, 0.25) is 5.91 Å². The van der Waals surface area contributed by atoms with Gasteiger partial charge in [-0.15, -0.1) is 0 Å². The average molecular weight is 300 g/mol. The van der Waals surface area contributed by atoms with E-state index in [4.69, 9.17) is 0 Å². The van der Waals surface area contributed by atoms with Crippen molar-refractivity contribution in [2.45, 2.75) is 6.42 Å². The fourth-order valence-corrected chi connectivity index (χ4v) is 1.75. The highest BCUT2D eigenvalue weighted by molar-refractivity contribution is 5.95.